The zero-order valence-corrected chi connectivity index (χ0v) is 10.5. The van der Waals surface area contributed by atoms with Crippen LogP contribution in [0.25, 0.3) is 5.65 Å². The molecule has 2 aromatic heterocycles. The van der Waals surface area contributed by atoms with Crippen molar-refractivity contribution in [2.75, 3.05) is 7.05 Å². The third-order valence-corrected chi connectivity index (χ3v) is 2.05. The lowest BCUT2D eigenvalue weighted by Crippen LogP contribution is -2.19. The van der Waals surface area contributed by atoms with Crippen LogP contribution in [0.2, 0.25) is 0 Å². The van der Waals surface area contributed by atoms with Gasteiger partial charge in [-0.1, -0.05) is 0 Å². The first-order chi connectivity index (χ1) is 6.74. The smallest absolute Gasteiger partial charge is 0.295 e. The Morgan fingerprint density at radius 3 is 2.62 bits per heavy atom. The fraction of sp³-hybridized carbons (Fsp3) is 0.375. The molecule has 1 N–H and O–H groups in total. The maximum Gasteiger partial charge on any atom is 0.295 e. The average Bonchev–Trinajstić information content (AvgIpc) is 2.57. The predicted octanol–water partition coefficient (Wildman–Crippen LogP) is -0.00900. The number of nitrogens with zero attached hydrogens (tertiary/aromatic N) is 4. The van der Waals surface area contributed by atoms with Crippen LogP contribution in [0.5, 0.6) is 0 Å². The molecule has 0 atom stereocenters. The summed E-state index contributed by atoms with van der Waals surface area (Å²) in [6, 6.07) is 0. The van der Waals surface area contributed by atoms with Crippen LogP contribution in [0, 0.1) is 0 Å². The van der Waals surface area contributed by atoms with Crippen LogP contribution in [0.3, 0.4) is 0 Å². The first kappa shape index (κ1) is 14.9. The molecule has 0 fully saturated rings. The van der Waals surface area contributed by atoms with Gasteiger partial charge in [0, 0.05) is 19.4 Å². The quantitative estimate of drug-likeness (QED) is 0.830. The Bertz CT molecular complexity index is 521. The van der Waals surface area contributed by atoms with Gasteiger partial charge in [0.05, 0.1) is 6.54 Å². The standard InChI is InChI=1S/C8H11N5O.2ClH/c1-9-5-6-10-11-7-8(14)12(2)3-4-13(6)7;;/h3-4,9H,5H2,1-2H3;2*1H. The van der Waals surface area contributed by atoms with Crippen molar-refractivity contribution in [1.29, 1.82) is 0 Å². The molecule has 2 aromatic rings. The fourth-order valence-electron chi connectivity index (χ4n) is 1.30. The Morgan fingerprint density at radius 1 is 1.31 bits per heavy atom. The lowest BCUT2D eigenvalue weighted by Gasteiger charge is -1.99. The van der Waals surface area contributed by atoms with E-state index in [0.29, 0.717) is 12.2 Å². The Morgan fingerprint density at radius 2 is 2.00 bits per heavy atom. The minimum Gasteiger partial charge on any atom is -0.314 e. The summed E-state index contributed by atoms with van der Waals surface area (Å²) >= 11 is 0. The van der Waals surface area contributed by atoms with Gasteiger partial charge >= 0.3 is 0 Å². The highest BCUT2D eigenvalue weighted by Crippen LogP contribution is 1.97. The summed E-state index contributed by atoms with van der Waals surface area (Å²) in [7, 11) is 3.51. The van der Waals surface area contributed by atoms with Gasteiger partial charge in [-0.3, -0.25) is 9.20 Å². The van der Waals surface area contributed by atoms with Crippen molar-refractivity contribution < 1.29 is 0 Å². The van der Waals surface area contributed by atoms with Crippen LogP contribution in [0.1, 0.15) is 5.82 Å². The topological polar surface area (TPSA) is 64.2 Å². The molecule has 0 saturated heterocycles. The predicted molar refractivity (Wildman–Crippen MR) is 65.5 cm³/mol. The van der Waals surface area contributed by atoms with Crippen molar-refractivity contribution in [3.8, 4) is 0 Å². The van der Waals surface area contributed by atoms with E-state index < -0.39 is 0 Å². The van der Waals surface area contributed by atoms with Crippen molar-refractivity contribution >= 4 is 30.5 Å². The summed E-state index contributed by atoms with van der Waals surface area (Å²) in [6.45, 7) is 0.592. The van der Waals surface area contributed by atoms with Crippen molar-refractivity contribution in [3.05, 3.63) is 28.6 Å². The summed E-state index contributed by atoms with van der Waals surface area (Å²) in [4.78, 5) is 11.6. The molecule has 16 heavy (non-hydrogen) atoms. The van der Waals surface area contributed by atoms with Crippen LogP contribution in [-0.4, -0.2) is 26.2 Å². The second-order valence-electron chi connectivity index (χ2n) is 3.05. The van der Waals surface area contributed by atoms with E-state index in [4.69, 9.17) is 0 Å². The third kappa shape index (κ3) is 2.34. The van der Waals surface area contributed by atoms with E-state index in [-0.39, 0.29) is 30.4 Å². The molecular formula is C8H13Cl2N5O. The second-order valence-corrected chi connectivity index (χ2v) is 3.05. The molecule has 0 unspecified atom stereocenters. The number of aromatic nitrogens is 4. The molecule has 90 valence electrons. The Labute approximate surface area is 104 Å². The molecule has 8 heteroatoms. The minimum absolute atomic E-state index is 0. The van der Waals surface area contributed by atoms with Crippen molar-refractivity contribution in [3.63, 3.8) is 0 Å². The number of nitrogens with one attached hydrogen (secondary N) is 1. The number of fused-ring (bicyclic) bond motifs is 1. The van der Waals surface area contributed by atoms with Gasteiger partial charge in [-0.2, -0.15) is 0 Å². The van der Waals surface area contributed by atoms with Gasteiger partial charge in [-0.15, -0.1) is 35.0 Å². The summed E-state index contributed by atoms with van der Waals surface area (Å²) < 4.78 is 3.17. The maximum atomic E-state index is 11.6. The van der Waals surface area contributed by atoms with Gasteiger partial charge in [0.2, 0.25) is 5.65 Å². The van der Waals surface area contributed by atoms with Crippen LogP contribution < -0.4 is 10.9 Å². The number of aryl methyl sites for hydroxylation is 1. The molecule has 0 saturated carbocycles. The van der Waals surface area contributed by atoms with Crippen molar-refractivity contribution in [1.82, 2.24) is 24.5 Å². The van der Waals surface area contributed by atoms with E-state index in [1.807, 2.05) is 7.05 Å². The highest BCUT2D eigenvalue weighted by Gasteiger charge is 2.07. The monoisotopic (exact) mass is 265 g/mol. The van der Waals surface area contributed by atoms with Gasteiger partial charge in [-0.25, -0.2) is 0 Å². The number of rotatable bonds is 2. The van der Waals surface area contributed by atoms with E-state index in [9.17, 15) is 4.79 Å². The molecule has 0 spiro atoms. The first-order valence-corrected chi connectivity index (χ1v) is 4.28. The van der Waals surface area contributed by atoms with Gasteiger partial charge < -0.3 is 9.88 Å². The Kier molecular flexibility index (Phi) is 5.43. The van der Waals surface area contributed by atoms with Crippen LogP contribution >= 0.6 is 24.8 Å². The van der Waals surface area contributed by atoms with Crippen molar-refractivity contribution in [2.45, 2.75) is 6.54 Å². The lowest BCUT2D eigenvalue weighted by molar-refractivity contribution is 0.742. The number of hydrogen-bond donors (Lipinski definition) is 1. The SMILES string of the molecule is CNCc1nnc2c(=O)n(C)ccn12.Cl.Cl. The zero-order valence-electron chi connectivity index (χ0n) is 8.88. The normalized spacial score (nSPS) is 9.62. The van der Waals surface area contributed by atoms with E-state index in [0.717, 1.165) is 5.82 Å². The van der Waals surface area contributed by atoms with E-state index in [2.05, 4.69) is 15.5 Å². The zero-order chi connectivity index (χ0) is 10.1. The van der Waals surface area contributed by atoms with Gasteiger partial charge in [-0.05, 0) is 7.05 Å². The minimum atomic E-state index is -0.137. The maximum absolute atomic E-state index is 11.6. The highest BCUT2D eigenvalue weighted by molar-refractivity contribution is 5.85. The lowest BCUT2D eigenvalue weighted by atomic mass is 10.5. The van der Waals surface area contributed by atoms with Gasteiger partial charge in [0.15, 0.2) is 5.82 Å². The molecule has 6 nitrogen and oxygen atoms in total. The van der Waals surface area contributed by atoms with Crippen LogP contribution in [0.4, 0.5) is 0 Å². The third-order valence-electron chi connectivity index (χ3n) is 2.05. The molecule has 0 aromatic carbocycles. The van der Waals surface area contributed by atoms with Crippen LogP contribution in [-0.2, 0) is 13.6 Å². The second kappa shape index (κ2) is 5.83. The van der Waals surface area contributed by atoms with E-state index >= 15 is 0 Å². The molecule has 2 rings (SSSR count). The molecular weight excluding hydrogens is 253 g/mol. The van der Waals surface area contributed by atoms with Gasteiger partial charge in [0.25, 0.3) is 5.56 Å². The molecule has 0 bridgehead atoms. The number of hydrogen-bond acceptors (Lipinski definition) is 4. The Balaban J connectivity index is 0.00000112. The molecule has 0 amide bonds. The Hall–Kier alpha value is -1.11. The average molecular weight is 266 g/mol. The summed E-state index contributed by atoms with van der Waals surface area (Å²) in [6.07, 6.45) is 3.47. The van der Waals surface area contributed by atoms with Gasteiger partial charge in [0.1, 0.15) is 0 Å². The molecule has 0 aliphatic heterocycles. The summed E-state index contributed by atoms with van der Waals surface area (Å²) in [5.41, 5.74) is 0.225. The molecule has 0 aliphatic rings. The molecule has 0 aliphatic carbocycles. The molecule has 2 heterocycles. The first-order valence-electron chi connectivity index (χ1n) is 4.28. The van der Waals surface area contributed by atoms with E-state index in [1.54, 1.807) is 23.8 Å². The van der Waals surface area contributed by atoms with E-state index in [1.165, 1.54) is 4.57 Å². The fourth-order valence-corrected chi connectivity index (χ4v) is 1.30. The summed E-state index contributed by atoms with van der Waals surface area (Å²) in [5, 5.41) is 10.7. The van der Waals surface area contributed by atoms with Crippen molar-refractivity contribution in [2.24, 2.45) is 7.05 Å². The highest BCUT2D eigenvalue weighted by atomic mass is 35.5. The summed E-state index contributed by atoms with van der Waals surface area (Å²) in [5.74, 6) is 0.736. The largest absolute Gasteiger partial charge is 0.314 e. The number of halogens is 2. The molecule has 0 radical (unpaired) electrons. The van der Waals surface area contributed by atoms with Crippen LogP contribution in [0.15, 0.2) is 17.2 Å².